The van der Waals surface area contributed by atoms with Crippen molar-refractivity contribution >= 4 is 17.9 Å². The van der Waals surface area contributed by atoms with E-state index >= 15 is 0 Å². The van der Waals surface area contributed by atoms with Gasteiger partial charge in [-0.3, -0.25) is 14.5 Å². The number of ether oxygens (including phenoxy) is 1. The van der Waals surface area contributed by atoms with Crippen molar-refractivity contribution in [1.29, 1.82) is 0 Å². The van der Waals surface area contributed by atoms with Crippen molar-refractivity contribution in [2.24, 2.45) is 0 Å². The number of hydrogen-bond acceptors (Lipinski definition) is 4. The lowest BCUT2D eigenvalue weighted by molar-refractivity contribution is -0.142. The van der Waals surface area contributed by atoms with Crippen molar-refractivity contribution in [3.05, 3.63) is 29.3 Å². The molecule has 0 aromatic heterocycles. The van der Waals surface area contributed by atoms with E-state index in [9.17, 15) is 14.4 Å². The molecule has 3 amide bonds. The van der Waals surface area contributed by atoms with Crippen molar-refractivity contribution < 1.29 is 24.2 Å². The average molecular weight is 292 g/mol. The fourth-order valence-electron chi connectivity index (χ4n) is 2.37. The summed E-state index contributed by atoms with van der Waals surface area (Å²) in [5, 5.41) is 11.3. The summed E-state index contributed by atoms with van der Waals surface area (Å²) < 4.78 is 5.24. The van der Waals surface area contributed by atoms with Gasteiger partial charge in [-0.05, 0) is 26.0 Å². The third-order valence-corrected chi connectivity index (χ3v) is 3.46. The van der Waals surface area contributed by atoms with Crippen LogP contribution in [-0.2, 0) is 15.1 Å². The summed E-state index contributed by atoms with van der Waals surface area (Å²) in [5.74, 6) is -1.41. The number of rotatable bonds is 4. The van der Waals surface area contributed by atoms with Crippen LogP contribution in [0.2, 0.25) is 0 Å². The molecule has 1 aromatic rings. The van der Waals surface area contributed by atoms with Gasteiger partial charge in [-0.1, -0.05) is 11.6 Å². The Labute approximate surface area is 121 Å². The number of carboxylic acid groups (broad SMARTS) is 1. The van der Waals surface area contributed by atoms with E-state index in [0.29, 0.717) is 16.2 Å². The van der Waals surface area contributed by atoms with E-state index < -0.39 is 30.0 Å². The molecule has 1 aliphatic heterocycles. The van der Waals surface area contributed by atoms with Crippen LogP contribution >= 0.6 is 0 Å². The minimum absolute atomic E-state index is 0.453. The molecule has 7 heteroatoms. The van der Waals surface area contributed by atoms with Gasteiger partial charge in [0.25, 0.3) is 5.91 Å². The summed E-state index contributed by atoms with van der Waals surface area (Å²) >= 11 is 0. The maximum atomic E-state index is 12.5. The first-order chi connectivity index (χ1) is 9.79. The SMILES string of the molecule is COc1ccc(C)cc1[C@]1(C)NC(=O)N(CC(=O)O)C1=O. The number of nitrogens with one attached hydrogen (secondary N) is 1. The molecule has 112 valence electrons. The van der Waals surface area contributed by atoms with Crippen molar-refractivity contribution in [2.75, 3.05) is 13.7 Å². The second-order valence-corrected chi connectivity index (χ2v) is 5.04. The van der Waals surface area contributed by atoms with E-state index in [2.05, 4.69) is 5.32 Å². The number of benzene rings is 1. The predicted octanol–water partition coefficient (Wildman–Crippen LogP) is 0.855. The number of carbonyl (C=O) groups excluding carboxylic acids is 2. The molecular weight excluding hydrogens is 276 g/mol. The summed E-state index contributed by atoms with van der Waals surface area (Å²) in [7, 11) is 1.47. The zero-order valence-electron chi connectivity index (χ0n) is 12.0. The summed E-state index contributed by atoms with van der Waals surface area (Å²) in [4.78, 5) is 35.8. The zero-order chi connectivity index (χ0) is 15.8. The minimum Gasteiger partial charge on any atom is -0.496 e. The maximum absolute atomic E-state index is 12.5. The maximum Gasteiger partial charge on any atom is 0.325 e. The number of imide groups is 1. The van der Waals surface area contributed by atoms with Gasteiger partial charge in [0.2, 0.25) is 0 Å². The van der Waals surface area contributed by atoms with E-state index in [-0.39, 0.29) is 0 Å². The molecular formula is C14H16N2O5. The molecule has 1 saturated heterocycles. The van der Waals surface area contributed by atoms with Gasteiger partial charge in [0.15, 0.2) is 0 Å². The lowest BCUT2D eigenvalue weighted by Gasteiger charge is -2.24. The Morgan fingerprint density at radius 3 is 2.67 bits per heavy atom. The quantitative estimate of drug-likeness (QED) is 0.802. The number of amides is 3. The Hall–Kier alpha value is -2.57. The van der Waals surface area contributed by atoms with Crippen LogP contribution in [0.1, 0.15) is 18.1 Å². The molecule has 2 rings (SSSR count). The van der Waals surface area contributed by atoms with Crippen molar-refractivity contribution in [3.63, 3.8) is 0 Å². The van der Waals surface area contributed by atoms with Crippen LogP contribution in [0.5, 0.6) is 5.75 Å². The van der Waals surface area contributed by atoms with Crippen molar-refractivity contribution in [1.82, 2.24) is 10.2 Å². The average Bonchev–Trinajstić information content (AvgIpc) is 2.63. The van der Waals surface area contributed by atoms with E-state index in [0.717, 1.165) is 5.56 Å². The Morgan fingerprint density at radius 1 is 1.43 bits per heavy atom. The standard InChI is InChI=1S/C14H16N2O5/c1-8-4-5-10(21-3)9(6-8)14(2)12(19)16(7-11(17)18)13(20)15-14/h4-6H,7H2,1-3H3,(H,15,20)(H,17,18)/t14-/m0/s1. The van der Waals surface area contributed by atoms with Gasteiger partial charge in [0, 0.05) is 5.56 Å². The first-order valence-corrected chi connectivity index (χ1v) is 6.30. The molecule has 7 nitrogen and oxygen atoms in total. The summed E-state index contributed by atoms with van der Waals surface area (Å²) in [6.45, 7) is 2.71. The molecule has 1 fully saturated rings. The summed E-state index contributed by atoms with van der Waals surface area (Å²) in [5.41, 5.74) is 0.0474. The number of methoxy groups -OCH3 is 1. The van der Waals surface area contributed by atoms with E-state index in [1.54, 1.807) is 12.1 Å². The first-order valence-electron chi connectivity index (χ1n) is 6.30. The molecule has 1 atom stereocenters. The number of carboxylic acids is 1. The van der Waals surface area contributed by atoms with Gasteiger partial charge in [-0.2, -0.15) is 0 Å². The van der Waals surface area contributed by atoms with Crippen LogP contribution in [0.25, 0.3) is 0 Å². The largest absolute Gasteiger partial charge is 0.496 e. The lowest BCUT2D eigenvalue weighted by atomic mass is 9.90. The highest BCUT2D eigenvalue weighted by atomic mass is 16.5. The van der Waals surface area contributed by atoms with Gasteiger partial charge in [-0.25, -0.2) is 4.79 Å². The Kier molecular flexibility index (Phi) is 3.59. The smallest absolute Gasteiger partial charge is 0.325 e. The number of urea groups is 1. The minimum atomic E-state index is -1.34. The van der Waals surface area contributed by atoms with Crippen LogP contribution in [0, 0.1) is 6.92 Å². The van der Waals surface area contributed by atoms with Crippen LogP contribution in [0.15, 0.2) is 18.2 Å². The molecule has 0 aliphatic carbocycles. The molecule has 1 aliphatic rings. The fourth-order valence-corrected chi connectivity index (χ4v) is 2.37. The van der Waals surface area contributed by atoms with E-state index in [1.807, 2.05) is 13.0 Å². The predicted molar refractivity (Wildman–Crippen MR) is 73.0 cm³/mol. The van der Waals surface area contributed by atoms with Gasteiger partial charge in [0.1, 0.15) is 17.8 Å². The van der Waals surface area contributed by atoms with Crippen LogP contribution in [0.4, 0.5) is 4.79 Å². The molecule has 0 spiro atoms. The van der Waals surface area contributed by atoms with Gasteiger partial charge in [0.05, 0.1) is 7.11 Å². The lowest BCUT2D eigenvalue weighted by Crippen LogP contribution is -2.41. The summed E-state index contributed by atoms with van der Waals surface area (Å²) in [6.07, 6.45) is 0. The number of nitrogens with zero attached hydrogens (tertiary/aromatic N) is 1. The molecule has 1 aromatic carbocycles. The topological polar surface area (TPSA) is 95.9 Å². The molecule has 2 N–H and O–H groups in total. The highest BCUT2D eigenvalue weighted by Crippen LogP contribution is 2.35. The molecule has 0 unspecified atom stereocenters. The Bertz CT molecular complexity index is 628. The molecule has 0 radical (unpaired) electrons. The van der Waals surface area contributed by atoms with Crippen LogP contribution < -0.4 is 10.1 Å². The molecule has 0 bridgehead atoms. The highest BCUT2D eigenvalue weighted by molar-refractivity contribution is 6.09. The van der Waals surface area contributed by atoms with Crippen molar-refractivity contribution in [3.8, 4) is 5.75 Å². The third kappa shape index (κ3) is 2.42. The van der Waals surface area contributed by atoms with Gasteiger partial charge >= 0.3 is 12.0 Å². The monoisotopic (exact) mass is 292 g/mol. The van der Waals surface area contributed by atoms with Gasteiger partial charge in [-0.15, -0.1) is 0 Å². The van der Waals surface area contributed by atoms with Crippen LogP contribution in [0.3, 0.4) is 0 Å². The van der Waals surface area contributed by atoms with E-state index in [1.165, 1.54) is 14.0 Å². The second kappa shape index (κ2) is 5.08. The summed E-state index contributed by atoms with van der Waals surface area (Å²) in [6, 6.07) is 4.53. The zero-order valence-corrected chi connectivity index (χ0v) is 12.0. The fraction of sp³-hybridized carbons (Fsp3) is 0.357. The van der Waals surface area contributed by atoms with Crippen LogP contribution in [-0.4, -0.2) is 41.6 Å². The Balaban J connectivity index is 2.48. The molecule has 0 saturated carbocycles. The molecule has 21 heavy (non-hydrogen) atoms. The normalized spacial score (nSPS) is 21.4. The number of carbonyl (C=O) groups is 3. The van der Waals surface area contributed by atoms with E-state index in [4.69, 9.17) is 9.84 Å². The number of aliphatic carboxylic acids is 1. The van der Waals surface area contributed by atoms with Crippen molar-refractivity contribution in [2.45, 2.75) is 19.4 Å². The Morgan fingerprint density at radius 2 is 2.10 bits per heavy atom. The molecule has 1 heterocycles. The van der Waals surface area contributed by atoms with Gasteiger partial charge < -0.3 is 15.2 Å². The second-order valence-electron chi connectivity index (χ2n) is 5.04. The number of aryl methyl sites for hydroxylation is 1. The third-order valence-electron chi connectivity index (χ3n) is 3.46. The first kappa shape index (κ1) is 14.8. The highest BCUT2D eigenvalue weighted by Gasteiger charge is 2.50. The number of hydrogen-bond donors (Lipinski definition) is 2.